The third-order valence-electron chi connectivity index (χ3n) is 23.5. The molecule has 7 N–H and O–H groups in total. The van der Waals surface area contributed by atoms with E-state index in [2.05, 4.69) is 69.1 Å². The van der Waals surface area contributed by atoms with Crippen LogP contribution in [0.5, 0.6) is 28.9 Å². The number of carbonyl (C=O) groups excluding carboxylic acids is 9. The molecule has 41 heteroatoms. The molecule has 3 atom stereocenters. The average molecular weight is 1990 g/mol. The molecule has 0 saturated carbocycles. The van der Waals surface area contributed by atoms with Crippen molar-refractivity contribution in [2.45, 2.75) is 96.5 Å². The number of alkyl halides is 3. The Hall–Kier alpha value is -15.4. The summed E-state index contributed by atoms with van der Waals surface area (Å²) in [5.74, 6) is -4.40. The highest BCUT2D eigenvalue weighted by Crippen LogP contribution is 2.51. The number of non-ortho nitro benzene ring substituents is 1. The zero-order chi connectivity index (χ0) is 101. The van der Waals surface area contributed by atoms with Gasteiger partial charge in [-0.15, -0.1) is 17.8 Å². The van der Waals surface area contributed by atoms with Gasteiger partial charge in [-0.2, -0.15) is 13.2 Å². The second kappa shape index (κ2) is 48.9. The maximum absolute atomic E-state index is 14.7. The summed E-state index contributed by atoms with van der Waals surface area (Å²) in [5.41, 5.74) is 14.3. The lowest BCUT2D eigenvalue weighted by Gasteiger charge is -2.42. The van der Waals surface area contributed by atoms with Crippen LogP contribution in [0.3, 0.4) is 0 Å². The van der Waals surface area contributed by atoms with E-state index in [1.54, 1.807) is 112 Å². The number of benzene rings is 8. The van der Waals surface area contributed by atoms with Gasteiger partial charge in [0, 0.05) is 91.5 Å². The Balaban J connectivity index is 0.630. The van der Waals surface area contributed by atoms with Crippen molar-refractivity contribution in [2.24, 2.45) is 11.7 Å². The largest absolute Gasteiger partial charge is 0.513 e. The molecule has 35 nitrogen and oxygen atoms in total. The fraction of sp³-hybridized carbons (Fsp3) is 0.317. The van der Waals surface area contributed by atoms with Gasteiger partial charge < -0.3 is 89.1 Å². The quantitative estimate of drug-likeness (QED) is 0.00197. The number of rotatable bonds is 44. The summed E-state index contributed by atoms with van der Waals surface area (Å²) >= 11 is 8.44. The van der Waals surface area contributed by atoms with Crippen molar-refractivity contribution in [3.63, 3.8) is 0 Å². The number of thiophene rings is 1. The van der Waals surface area contributed by atoms with Crippen LogP contribution in [0.2, 0.25) is 5.02 Å². The summed E-state index contributed by atoms with van der Waals surface area (Å²) in [6, 6.07) is 46.4. The number of nitrogens with zero attached hydrogens (tertiary/aromatic N) is 8. The smallest absolute Gasteiger partial charge is 0.496 e. The van der Waals surface area contributed by atoms with E-state index in [-0.39, 0.29) is 128 Å². The number of quaternary nitrogens is 1. The number of halogens is 5. The standard InChI is InChI=1S/C101H101ClF4N14O21S/c1-7-50-133-57-66-54-68(114-91(122)79(23-16-40-109-97(107)126)115-92(123)88(61(2)3)116-99(128)135-52-46-118(47-53-136-100(129)139-71-34-32-70(33-35-71)119(130)131)84(121)39-42-110-98(127)138-59-78-75-20-11-9-18-73(75)74-19-10-12-21-76(74)78)31-28-65(66)56-120(5)48-43-117(44-49-120)45-51-134-82-37-36-72(62(4)87(82)102)85-86-93(111-60-112-94(86)142-89(85)63-26-29-67(103)30-27-63)140-83(95(124)141-96(125)101(104,105)106)55-64-17-8-14-24-80(64)137-58-69-38-41-108-90(113-69)77-22-13-15-25-81(77)132-6/h1,8-15,17-22,24-38,41,54,60-61,78-79,83,88H,16,23,39-40,42-53,55-59H2,2-6H3,(H6-,107,109,110,114,115,116,122,123,126,127,128)/p+1/t79-,83+,88-/m0/s1. The first-order valence-corrected chi connectivity index (χ1v) is 46.3. The molecule has 0 spiro atoms. The molecule has 3 aromatic heterocycles. The van der Waals surface area contributed by atoms with E-state index >= 15 is 0 Å². The number of piperazine rings is 1. The first-order valence-electron chi connectivity index (χ1n) is 45.1. The first-order chi connectivity index (χ1) is 68.3. The van der Waals surface area contributed by atoms with Crippen LogP contribution in [0.4, 0.5) is 48.1 Å². The second-order valence-corrected chi connectivity index (χ2v) is 35.0. The van der Waals surface area contributed by atoms with E-state index in [4.69, 9.17) is 66.4 Å². The number of carbonyl (C=O) groups is 9. The van der Waals surface area contributed by atoms with Gasteiger partial charge in [-0.25, -0.2) is 53.1 Å². The average Bonchev–Trinajstić information content (AvgIpc) is 1.58. The van der Waals surface area contributed by atoms with Gasteiger partial charge in [0.2, 0.25) is 29.7 Å². The summed E-state index contributed by atoms with van der Waals surface area (Å²) in [7, 11) is 3.64. The van der Waals surface area contributed by atoms with Crippen molar-refractivity contribution < 1.29 is 117 Å². The highest BCUT2D eigenvalue weighted by Gasteiger charge is 2.45. The molecule has 142 heavy (non-hydrogen) atoms. The molecule has 13 rings (SSSR count). The molecule has 1 saturated heterocycles. The number of alkyl carbamates (subject to hydrolysis) is 2. The van der Waals surface area contributed by atoms with Crippen molar-refractivity contribution in [3.8, 4) is 85.3 Å². The van der Waals surface area contributed by atoms with E-state index in [9.17, 15) is 70.8 Å². The number of hydrogen-bond acceptors (Lipinski definition) is 27. The number of para-hydroxylation sites is 2. The van der Waals surface area contributed by atoms with E-state index in [0.29, 0.717) is 111 Å². The molecule has 8 aromatic carbocycles. The Labute approximate surface area is 822 Å². The number of terminal acetylenes is 1. The lowest BCUT2D eigenvalue weighted by atomic mass is 9.96. The van der Waals surface area contributed by atoms with Gasteiger partial charge in [-0.1, -0.05) is 134 Å². The van der Waals surface area contributed by atoms with Crippen LogP contribution in [-0.4, -0.2) is 224 Å². The van der Waals surface area contributed by atoms with Crippen LogP contribution in [-0.2, 0) is 73.8 Å². The van der Waals surface area contributed by atoms with Crippen LogP contribution < -0.4 is 56.0 Å². The number of urea groups is 1. The number of nitro benzene ring substituents is 1. The second-order valence-electron chi connectivity index (χ2n) is 33.6. The van der Waals surface area contributed by atoms with Gasteiger partial charge in [0.25, 0.3) is 5.69 Å². The number of nitrogens with two attached hydrogens (primary N) is 1. The Morgan fingerprint density at radius 3 is 2.11 bits per heavy atom. The summed E-state index contributed by atoms with van der Waals surface area (Å²) in [6.07, 6.45) is -3.02. The SMILES string of the molecule is C#CCOCc1cc(NC(=O)[C@H](CCCNC(N)=O)NC(=O)[C@@H](NC(=O)OCCN(CCOC(=O)Oc2ccc([N+](=O)[O-])cc2)C(=O)CCNC(=O)OCC2c3ccccc3-c3ccccc32)C(C)C)ccc1C[N+]1(C)CCN(CCOc2ccc(-c3c(-c4ccc(F)cc4)sc4ncnc(O[C@H](Cc5ccccc5OCc5ccnc(-c6ccccc6OC)n5)C(=O)OC(=O)C(F)(F)F)c34)c(C)c2Cl)CC1. The molecule has 11 aromatic rings. The minimum absolute atomic E-state index is 0.0148. The molecule has 0 unspecified atom stereocenters. The zero-order valence-corrected chi connectivity index (χ0v) is 79.4. The summed E-state index contributed by atoms with van der Waals surface area (Å²) in [5, 5.41) is 24.9. The Kier molecular flexibility index (Phi) is 35.8. The van der Waals surface area contributed by atoms with Crippen LogP contribution in [0.15, 0.2) is 195 Å². The molecule has 1 aliphatic heterocycles. The fourth-order valence-corrected chi connectivity index (χ4v) is 17.5. The fourth-order valence-electron chi connectivity index (χ4n) is 16.2. The van der Waals surface area contributed by atoms with Gasteiger partial charge in [0.05, 0.1) is 73.5 Å². The number of methoxy groups -OCH3 is 1. The molecule has 742 valence electrons. The molecule has 4 heterocycles. The van der Waals surface area contributed by atoms with Crippen molar-refractivity contribution in [3.05, 3.63) is 255 Å². The van der Waals surface area contributed by atoms with Crippen LogP contribution in [0.25, 0.3) is 54.3 Å². The summed E-state index contributed by atoms with van der Waals surface area (Å²) in [4.78, 5) is 153. The maximum atomic E-state index is 14.7. The Bertz CT molecular complexity index is 6400. The van der Waals surface area contributed by atoms with Gasteiger partial charge >= 0.3 is 42.5 Å². The number of nitrogens with one attached hydrogen (secondary N) is 5. The number of anilines is 1. The first kappa shape index (κ1) is 104. The van der Waals surface area contributed by atoms with E-state index in [1.165, 1.54) is 42.5 Å². The molecular formula is C101H102ClF4N14O21S+. The zero-order valence-electron chi connectivity index (χ0n) is 77.8. The van der Waals surface area contributed by atoms with Gasteiger partial charge in [0.1, 0.15) is 98.2 Å². The normalized spacial score (nSPS) is 13.3. The minimum Gasteiger partial charge on any atom is -0.496 e. The summed E-state index contributed by atoms with van der Waals surface area (Å²) in [6.45, 7) is 7.15. The third kappa shape index (κ3) is 27.8. The number of nitro groups is 1. The number of amides is 7. The van der Waals surface area contributed by atoms with Crippen molar-refractivity contribution in [2.75, 3.05) is 111 Å². The predicted molar refractivity (Wildman–Crippen MR) is 514 cm³/mol. The van der Waals surface area contributed by atoms with E-state index < -0.39 is 115 Å². The highest BCUT2D eigenvalue weighted by molar-refractivity contribution is 7.22. The molecule has 1 fully saturated rings. The lowest BCUT2D eigenvalue weighted by molar-refractivity contribution is -0.926. The van der Waals surface area contributed by atoms with Crippen molar-refractivity contribution in [1.82, 2.24) is 51.0 Å². The van der Waals surface area contributed by atoms with Crippen LogP contribution >= 0.6 is 22.9 Å². The molecule has 0 bridgehead atoms. The number of hydrogen-bond donors (Lipinski definition) is 6. The molecular weight excluding hydrogens is 1890 g/mol. The van der Waals surface area contributed by atoms with E-state index in [0.717, 1.165) is 57.6 Å². The number of fused-ring (bicyclic) bond motifs is 4. The molecule has 7 amide bonds. The van der Waals surface area contributed by atoms with Crippen LogP contribution in [0, 0.1) is 41.1 Å². The van der Waals surface area contributed by atoms with Crippen molar-refractivity contribution in [1.29, 1.82) is 0 Å². The molecule has 2 aliphatic rings. The number of esters is 2. The Morgan fingerprint density at radius 2 is 1.42 bits per heavy atom. The van der Waals surface area contributed by atoms with Crippen molar-refractivity contribution >= 4 is 98.6 Å². The number of aromatic nitrogens is 4. The lowest BCUT2D eigenvalue weighted by Crippen LogP contribution is -2.57. The minimum atomic E-state index is -5.58. The highest BCUT2D eigenvalue weighted by atomic mass is 35.5. The van der Waals surface area contributed by atoms with Crippen LogP contribution in [0.1, 0.15) is 78.1 Å². The van der Waals surface area contributed by atoms with E-state index in [1.807, 2.05) is 54.6 Å². The maximum Gasteiger partial charge on any atom is 0.513 e. The Morgan fingerprint density at radius 1 is 0.732 bits per heavy atom. The molecule has 1 aliphatic carbocycles. The molecule has 0 radical (unpaired) electrons. The number of ether oxygens (including phenoxy) is 10. The van der Waals surface area contributed by atoms with Gasteiger partial charge in [-0.3, -0.25) is 29.4 Å². The third-order valence-corrected chi connectivity index (χ3v) is 25.2. The number of likely N-dealkylation sites (N-methyl/N-ethyl adjacent to an activating group) is 1. The predicted octanol–water partition coefficient (Wildman–Crippen LogP) is 14.8. The van der Waals surface area contributed by atoms with Gasteiger partial charge in [-0.05, 0) is 142 Å². The topological polar surface area (TPSA) is 433 Å². The van der Waals surface area contributed by atoms with Gasteiger partial charge in [0.15, 0.2) is 5.82 Å². The number of primary amides is 1. The summed E-state index contributed by atoms with van der Waals surface area (Å²) < 4.78 is 114. The monoisotopic (exact) mass is 1990 g/mol.